The first-order valence-electron chi connectivity index (χ1n) is 4.42. The van der Waals surface area contributed by atoms with Crippen molar-refractivity contribution in [1.82, 2.24) is 4.90 Å². The van der Waals surface area contributed by atoms with Gasteiger partial charge in [-0.3, -0.25) is 4.79 Å². The van der Waals surface area contributed by atoms with Crippen LogP contribution in [0.25, 0.3) is 0 Å². The fourth-order valence-electron chi connectivity index (χ4n) is 1.37. The highest BCUT2D eigenvalue weighted by molar-refractivity contribution is 5.87. The van der Waals surface area contributed by atoms with Gasteiger partial charge in [0.05, 0.1) is 0 Å². The number of hydrogen-bond acceptors (Lipinski definition) is 1. The Morgan fingerprint density at radius 2 is 1.92 bits per heavy atom. The molecule has 2 nitrogen and oxygen atoms in total. The highest BCUT2D eigenvalue weighted by Crippen LogP contribution is 2.08. The van der Waals surface area contributed by atoms with Gasteiger partial charge in [-0.15, -0.1) is 0 Å². The lowest BCUT2D eigenvalue weighted by Gasteiger charge is -2.25. The van der Waals surface area contributed by atoms with E-state index in [2.05, 4.69) is 6.58 Å². The molecule has 0 unspecified atom stereocenters. The lowest BCUT2D eigenvalue weighted by Crippen LogP contribution is -2.34. The van der Waals surface area contributed by atoms with E-state index in [1.807, 2.05) is 4.90 Å². The topological polar surface area (TPSA) is 20.3 Å². The molecule has 0 saturated carbocycles. The van der Waals surface area contributed by atoms with Gasteiger partial charge in [-0.1, -0.05) is 18.7 Å². The van der Waals surface area contributed by atoms with E-state index in [4.69, 9.17) is 0 Å². The van der Waals surface area contributed by atoms with Gasteiger partial charge in [0, 0.05) is 19.2 Å². The molecule has 12 heavy (non-hydrogen) atoms. The summed E-state index contributed by atoms with van der Waals surface area (Å²) < 4.78 is 0. The van der Waals surface area contributed by atoms with Crippen LogP contribution in [0.4, 0.5) is 0 Å². The maximum absolute atomic E-state index is 11.3. The first-order valence-corrected chi connectivity index (χ1v) is 4.42. The van der Waals surface area contributed by atoms with Crippen LogP contribution in [0.5, 0.6) is 0 Å². The number of allylic oxidation sites excluding steroid dienone is 2. The maximum atomic E-state index is 11.3. The van der Waals surface area contributed by atoms with E-state index in [-0.39, 0.29) is 5.91 Å². The van der Waals surface area contributed by atoms with Crippen LogP contribution in [0.1, 0.15) is 19.3 Å². The number of rotatable bonds is 2. The summed E-state index contributed by atoms with van der Waals surface area (Å²) in [6.45, 7) is 5.35. The molecular weight excluding hydrogens is 150 g/mol. The standard InChI is InChI=1S/C10H15NO/c1-2-3-7-10(12)11-8-5-4-6-9-11/h2-3,7H,1,4-6,8-9H2/b7-3+. The molecule has 0 aromatic heterocycles. The van der Waals surface area contributed by atoms with Crippen molar-refractivity contribution < 1.29 is 4.79 Å². The second-order valence-electron chi connectivity index (χ2n) is 2.98. The van der Waals surface area contributed by atoms with E-state index in [0.29, 0.717) is 0 Å². The SMILES string of the molecule is C=C/C=C/C(=O)N1CCCCC1. The number of piperidine rings is 1. The summed E-state index contributed by atoms with van der Waals surface area (Å²) in [6, 6.07) is 0. The van der Waals surface area contributed by atoms with Gasteiger partial charge in [0.1, 0.15) is 0 Å². The molecule has 0 spiro atoms. The Morgan fingerprint density at radius 1 is 1.25 bits per heavy atom. The van der Waals surface area contributed by atoms with Gasteiger partial charge in [-0.05, 0) is 19.3 Å². The average Bonchev–Trinajstić information content (AvgIpc) is 2.15. The van der Waals surface area contributed by atoms with Gasteiger partial charge in [0.15, 0.2) is 0 Å². The molecule has 0 radical (unpaired) electrons. The molecule has 2 heteroatoms. The van der Waals surface area contributed by atoms with Crippen molar-refractivity contribution in [2.24, 2.45) is 0 Å². The van der Waals surface area contributed by atoms with E-state index in [0.717, 1.165) is 25.9 Å². The second-order valence-corrected chi connectivity index (χ2v) is 2.98. The summed E-state index contributed by atoms with van der Waals surface area (Å²) in [5, 5.41) is 0. The number of amides is 1. The Morgan fingerprint density at radius 3 is 2.50 bits per heavy atom. The van der Waals surface area contributed by atoms with Crippen LogP contribution >= 0.6 is 0 Å². The largest absolute Gasteiger partial charge is 0.339 e. The molecule has 0 N–H and O–H groups in total. The number of carbonyl (C=O) groups excluding carboxylic acids is 1. The molecular formula is C10H15NO. The Balaban J connectivity index is 2.39. The number of hydrogen-bond donors (Lipinski definition) is 0. The third kappa shape index (κ3) is 2.53. The zero-order chi connectivity index (χ0) is 8.81. The summed E-state index contributed by atoms with van der Waals surface area (Å²) in [4.78, 5) is 13.2. The smallest absolute Gasteiger partial charge is 0.246 e. The van der Waals surface area contributed by atoms with E-state index in [1.165, 1.54) is 6.42 Å². The van der Waals surface area contributed by atoms with Crippen molar-refractivity contribution in [3.63, 3.8) is 0 Å². The van der Waals surface area contributed by atoms with Crippen LogP contribution < -0.4 is 0 Å². The number of nitrogens with zero attached hydrogens (tertiary/aromatic N) is 1. The Labute approximate surface area is 73.6 Å². The van der Waals surface area contributed by atoms with Gasteiger partial charge in [0.25, 0.3) is 0 Å². The molecule has 1 amide bonds. The average molecular weight is 165 g/mol. The molecule has 66 valence electrons. The fourth-order valence-corrected chi connectivity index (χ4v) is 1.37. The normalized spacial score (nSPS) is 18.2. The zero-order valence-electron chi connectivity index (χ0n) is 7.33. The summed E-state index contributed by atoms with van der Waals surface area (Å²) in [7, 11) is 0. The van der Waals surface area contributed by atoms with Gasteiger partial charge in [-0.25, -0.2) is 0 Å². The van der Waals surface area contributed by atoms with Crippen LogP contribution in [-0.2, 0) is 4.79 Å². The highest BCUT2D eigenvalue weighted by Gasteiger charge is 2.12. The summed E-state index contributed by atoms with van der Waals surface area (Å²) in [5.74, 6) is 0.120. The first-order chi connectivity index (χ1) is 5.84. The predicted molar refractivity (Wildman–Crippen MR) is 49.8 cm³/mol. The number of carbonyl (C=O) groups is 1. The van der Waals surface area contributed by atoms with E-state index >= 15 is 0 Å². The minimum atomic E-state index is 0.120. The van der Waals surface area contributed by atoms with Crippen LogP contribution in [0.2, 0.25) is 0 Å². The second kappa shape index (κ2) is 4.75. The molecule has 1 rings (SSSR count). The van der Waals surface area contributed by atoms with Crippen molar-refractivity contribution in [1.29, 1.82) is 0 Å². The quantitative estimate of drug-likeness (QED) is 0.451. The fraction of sp³-hybridized carbons (Fsp3) is 0.500. The molecule has 1 saturated heterocycles. The van der Waals surface area contributed by atoms with Crippen molar-refractivity contribution >= 4 is 5.91 Å². The number of likely N-dealkylation sites (tertiary alicyclic amines) is 1. The van der Waals surface area contributed by atoms with Crippen LogP contribution in [0.3, 0.4) is 0 Å². The molecule has 0 bridgehead atoms. The zero-order valence-corrected chi connectivity index (χ0v) is 7.33. The minimum absolute atomic E-state index is 0.120. The minimum Gasteiger partial charge on any atom is -0.339 e. The summed E-state index contributed by atoms with van der Waals surface area (Å²) in [6.07, 6.45) is 8.45. The van der Waals surface area contributed by atoms with Crippen molar-refractivity contribution in [3.8, 4) is 0 Å². The Bertz CT molecular complexity index is 190. The molecule has 0 atom stereocenters. The molecule has 0 aromatic rings. The lowest BCUT2D eigenvalue weighted by atomic mass is 10.1. The third-order valence-electron chi connectivity index (χ3n) is 2.04. The van der Waals surface area contributed by atoms with Gasteiger partial charge in [-0.2, -0.15) is 0 Å². The van der Waals surface area contributed by atoms with Crippen molar-refractivity contribution in [3.05, 3.63) is 24.8 Å². The Kier molecular flexibility index (Phi) is 3.58. The van der Waals surface area contributed by atoms with Crippen LogP contribution in [0, 0.1) is 0 Å². The van der Waals surface area contributed by atoms with E-state index in [9.17, 15) is 4.79 Å². The van der Waals surface area contributed by atoms with Crippen molar-refractivity contribution in [2.45, 2.75) is 19.3 Å². The van der Waals surface area contributed by atoms with Crippen LogP contribution in [0.15, 0.2) is 24.8 Å². The highest BCUT2D eigenvalue weighted by atomic mass is 16.2. The molecule has 1 aliphatic rings. The summed E-state index contributed by atoms with van der Waals surface area (Å²) in [5.41, 5.74) is 0. The molecule has 0 aromatic carbocycles. The van der Waals surface area contributed by atoms with Gasteiger partial charge in [0.2, 0.25) is 5.91 Å². The lowest BCUT2D eigenvalue weighted by molar-refractivity contribution is -0.126. The van der Waals surface area contributed by atoms with Gasteiger partial charge >= 0.3 is 0 Å². The van der Waals surface area contributed by atoms with Gasteiger partial charge < -0.3 is 4.90 Å². The maximum Gasteiger partial charge on any atom is 0.246 e. The van der Waals surface area contributed by atoms with Crippen LogP contribution in [-0.4, -0.2) is 23.9 Å². The molecule has 1 aliphatic heterocycles. The predicted octanol–water partition coefficient (Wildman–Crippen LogP) is 1.74. The Hall–Kier alpha value is -1.05. The first kappa shape index (κ1) is 9.04. The van der Waals surface area contributed by atoms with Crippen molar-refractivity contribution in [2.75, 3.05) is 13.1 Å². The summed E-state index contributed by atoms with van der Waals surface area (Å²) >= 11 is 0. The third-order valence-corrected chi connectivity index (χ3v) is 2.04. The monoisotopic (exact) mass is 165 g/mol. The van der Waals surface area contributed by atoms with E-state index in [1.54, 1.807) is 18.2 Å². The van der Waals surface area contributed by atoms with E-state index < -0.39 is 0 Å². The molecule has 0 aliphatic carbocycles. The molecule has 1 heterocycles. The molecule has 1 fully saturated rings.